The van der Waals surface area contributed by atoms with Gasteiger partial charge >= 0.3 is 6.03 Å². The summed E-state index contributed by atoms with van der Waals surface area (Å²) in [5.74, 6) is 1.68. The molecule has 4 heterocycles. The zero-order chi connectivity index (χ0) is 24.0. The van der Waals surface area contributed by atoms with E-state index in [2.05, 4.69) is 20.8 Å². The number of amides is 2. The van der Waals surface area contributed by atoms with Crippen LogP contribution in [0.5, 0.6) is 5.75 Å². The number of ether oxygens (including phenoxy) is 1. The maximum Gasteiger partial charge on any atom is 0.331 e. The summed E-state index contributed by atoms with van der Waals surface area (Å²) < 4.78 is 13.0. The highest BCUT2D eigenvalue weighted by Gasteiger charge is 2.32. The molecule has 0 fully saturated rings. The van der Waals surface area contributed by atoms with Gasteiger partial charge in [0.1, 0.15) is 11.5 Å². The molecule has 1 unspecified atom stereocenters. The SMILES string of the molecule is CC(=O)N1CC2=C(C1)C(Oc1ccc3c(ccn3C(=O)Nc3cc(C(C)(C)C)on3)c1)N=CN2. The number of aliphatic imine (C=N–C) groups is 1. The molecule has 0 saturated heterocycles. The van der Waals surface area contributed by atoms with Gasteiger partial charge in [-0.2, -0.15) is 0 Å². The number of rotatable bonds is 3. The molecule has 176 valence electrons. The van der Waals surface area contributed by atoms with Gasteiger partial charge in [0.25, 0.3) is 0 Å². The van der Waals surface area contributed by atoms with Crippen molar-refractivity contribution in [3.8, 4) is 5.75 Å². The molecule has 10 heteroatoms. The van der Waals surface area contributed by atoms with E-state index < -0.39 is 6.23 Å². The van der Waals surface area contributed by atoms with Gasteiger partial charge in [0.05, 0.1) is 18.4 Å². The van der Waals surface area contributed by atoms with Crippen molar-refractivity contribution in [1.29, 1.82) is 0 Å². The van der Waals surface area contributed by atoms with Gasteiger partial charge in [0.15, 0.2) is 5.82 Å². The average molecular weight is 463 g/mol. The number of benzene rings is 1. The minimum Gasteiger partial charge on any atom is -0.465 e. The van der Waals surface area contributed by atoms with Gasteiger partial charge in [-0.1, -0.05) is 25.9 Å². The fraction of sp³-hybridized carbons (Fsp3) is 0.333. The average Bonchev–Trinajstić information content (AvgIpc) is 3.51. The van der Waals surface area contributed by atoms with Crippen molar-refractivity contribution in [3.63, 3.8) is 0 Å². The van der Waals surface area contributed by atoms with Crippen molar-refractivity contribution in [2.24, 2.45) is 4.99 Å². The Hall–Kier alpha value is -4.08. The summed E-state index contributed by atoms with van der Waals surface area (Å²) in [5.41, 5.74) is 2.41. The Morgan fingerprint density at radius 3 is 2.76 bits per heavy atom. The van der Waals surface area contributed by atoms with Crippen LogP contribution in [0.1, 0.15) is 33.5 Å². The molecule has 5 rings (SSSR count). The lowest BCUT2D eigenvalue weighted by atomic mass is 9.93. The molecule has 0 spiro atoms. The van der Waals surface area contributed by atoms with E-state index in [1.165, 1.54) is 4.57 Å². The van der Waals surface area contributed by atoms with Gasteiger partial charge in [0, 0.05) is 47.8 Å². The predicted molar refractivity (Wildman–Crippen MR) is 127 cm³/mol. The lowest BCUT2D eigenvalue weighted by Gasteiger charge is -2.21. The molecule has 3 aromatic rings. The molecule has 1 aromatic carbocycles. The smallest absolute Gasteiger partial charge is 0.331 e. The van der Waals surface area contributed by atoms with Gasteiger partial charge in [-0.15, -0.1) is 0 Å². The molecule has 2 aliphatic heterocycles. The van der Waals surface area contributed by atoms with Crippen LogP contribution in [0.3, 0.4) is 0 Å². The first kappa shape index (κ1) is 21.7. The second-order valence-electron chi connectivity index (χ2n) is 9.43. The monoisotopic (exact) mass is 462 g/mol. The van der Waals surface area contributed by atoms with Crippen LogP contribution in [0.2, 0.25) is 0 Å². The fourth-order valence-corrected chi connectivity index (χ4v) is 3.97. The maximum atomic E-state index is 12.8. The number of carbonyl (C=O) groups is 2. The Bertz CT molecular complexity index is 1340. The Balaban J connectivity index is 1.31. The molecule has 0 radical (unpaired) electrons. The van der Waals surface area contributed by atoms with Gasteiger partial charge in [-0.05, 0) is 24.3 Å². The lowest BCUT2D eigenvalue weighted by molar-refractivity contribution is -0.127. The number of hydrogen-bond acceptors (Lipinski definition) is 7. The van der Waals surface area contributed by atoms with E-state index in [0.29, 0.717) is 30.4 Å². The van der Waals surface area contributed by atoms with Crippen LogP contribution in [0.15, 0.2) is 57.3 Å². The van der Waals surface area contributed by atoms with Crippen LogP contribution in [-0.4, -0.2) is 52.2 Å². The third-order valence-corrected chi connectivity index (χ3v) is 5.90. The number of nitrogens with one attached hydrogen (secondary N) is 2. The van der Waals surface area contributed by atoms with Crippen LogP contribution in [0.25, 0.3) is 10.9 Å². The summed E-state index contributed by atoms with van der Waals surface area (Å²) in [5, 5.41) is 10.7. The minimum absolute atomic E-state index is 0.0104. The molecule has 2 amide bonds. The number of hydrogen-bond donors (Lipinski definition) is 2. The first-order valence-electron chi connectivity index (χ1n) is 11.0. The number of anilines is 1. The molecule has 10 nitrogen and oxygen atoms in total. The van der Waals surface area contributed by atoms with E-state index in [1.807, 2.05) is 39.0 Å². The molecule has 0 bridgehead atoms. The third kappa shape index (κ3) is 4.02. The molecule has 0 saturated carbocycles. The van der Waals surface area contributed by atoms with Crippen molar-refractivity contribution in [2.75, 3.05) is 18.4 Å². The highest BCUT2D eigenvalue weighted by Crippen LogP contribution is 2.29. The van der Waals surface area contributed by atoms with E-state index >= 15 is 0 Å². The van der Waals surface area contributed by atoms with Crippen LogP contribution >= 0.6 is 0 Å². The first-order valence-corrected chi connectivity index (χ1v) is 11.0. The summed E-state index contributed by atoms with van der Waals surface area (Å²) in [6.07, 6.45) is 2.79. The van der Waals surface area contributed by atoms with Crippen molar-refractivity contribution in [3.05, 3.63) is 53.6 Å². The largest absolute Gasteiger partial charge is 0.465 e. The molecule has 2 aliphatic rings. The van der Waals surface area contributed by atoms with Crippen molar-refractivity contribution in [2.45, 2.75) is 39.3 Å². The highest BCUT2D eigenvalue weighted by atomic mass is 16.5. The summed E-state index contributed by atoms with van der Waals surface area (Å²) in [4.78, 5) is 30.7. The Labute approximate surface area is 196 Å². The van der Waals surface area contributed by atoms with E-state index in [0.717, 1.165) is 22.2 Å². The second kappa shape index (κ2) is 8.05. The minimum atomic E-state index is -0.507. The summed E-state index contributed by atoms with van der Waals surface area (Å²) in [6.45, 7) is 8.59. The first-order chi connectivity index (χ1) is 16.2. The van der Waals surface area contributed by atoms with E-state index in [9.17, 15) is 9.59 Å². The summed E-state index contributed by atoms with van der Waals surface area (Å²) in [7, 11) is 0. The van der Waals surface area contributed by atoms with Gasteiger partial charge in [0.2, 0.25) is 12.1 Å². The number of aromatic nitrogens is 2. The summed E-state index contributed by atoms with van der Waals surface area (Å²) in [6, 6.07) is 8.72. The molecule has 0 aliphatic carbocycles. The zero-order valence-electron chi connectivity index (χ0n) is 19.5. The molecule has 2 aromatic heterocycles. The third-order valence-electron chi connectivity index (χ3n) is 5.90. The zero-order valence-corrected chi connectivity index (χ0v) is 19.5. The second-order valence-corrected chi connectivity index (χ2v) is 9.43. The fourth-order valence-electron chi connectivity index (χ4n) is 3.97. The van der Waals surface area contributed by atoms with Crippen molar-refractivity contribution in [1.82, 2.24) is 19.9 Å². The number of carbonyl (C=O) groups excluding carboxylic acids is 2. The van der Waals surface area contributed by atoms with Crippen LogP contribution in [-0.2, 0) is 10.2 Å². The lowest BCUT2D eigenvalue weighted by Crippen LogP contribution is -2.29. The predicted octanol–water partition coefficient (Wildman–Crippen LogP) is 3.46. The Morgan fingerprint density at radius 1 is 1.21 bits per heavy atom. The van der Waals surface area contributed by atoms with Crippen molar-refractivity contribution < 1.29 is 18.8 Å². The van der Waals surface area contributed by atoms with E-state index in [-0.39, 0.29) is 17.4 Å². The molecular weight excluding hydrogens is 436 g/mol. The number of nitrogens with zero attached hydrogens (tertiary/aromatic N) is 4. The van der Waals surface area contributed by atoms with Gasteiger partial charge in [-0.3, -0.25) is 14.7 Å². The maximum absolute atomic E-state index is 12.8. The van der Waals surface area contributed by atoms with E-state index in [4.69, 9.17) is 9.26 Å². The van der Waals surface area contributed by atoms with Crippen molar-refractivity contribution >= 4 is 35.0 Å². The Morgan fingerprint density at radius 2 is 2.03 bits per heavy atom. The summed E-state index contributed by atoms with van der Waals surface area (Å²) >= 11 is 0. The Kier molecular flexibility index (Phi) is 5.15. The van der Waals surface area contributed by atoms with Crippen LogP contribution < -0.4 is 15.4 Å². The quantitative estimate of drug-likeness (QED) is 0.616. The van der Waals surface area contributed by atoms with Crippen LogP contribution in [0.4, 0.5) is 10.6 Å². The highest BCUT2D eigenvalue weighted by molar-refractivity contribution is 5.98. The van der Waals surface area contributed by atoms with Gasteiger partial charge in [-0.25, -0.2) is 9.79 Å². The van der Waals surface area contributed by atoms with E-state index in [1.54, 1.807) is 36.5 Å². The topological polar surface area (TPSA) is 114 Å². The van der Waals surface area contributed by atoms with Crippen LogP contribution in [0, 0.1) is 0 Å². The normalized spacial score (nSPS) is 17.6. The molecule has 1 atom stereocenters. The molecule has 34 heavy (non-hydrogen) atoms. The molecule has 2 N–H and O–H groups in total. The van der Waals surface area contributed by atoms with Gasteiger partial charge < -0.3 is 19.5 Å². The number of fused-ring (bicyclic) bond motifs is 1. The molecular formula is C24H26N6O4. The standard InChI is InChI=1S/C24H26N6O4/c1-14(31)29-11-17-18(12-29)25-13-26-22(17)33-16-5-6-19-15(9-16)7-8-30(19)23(32)27-21-10-20(34-28-21)24(2,3)4/h5-10,13,22H,11-12H2,1-4H3,(H,25,26)(H,27,28,32).